The minimum atomic E-state index is 0.0517. The van der Waals surface area contributed by atoms with Gasteiger partial charge in [0.1, 0.15) is 0 Å². The van der Waals surface area contributed by atoms with E-state index in [1.807, 2.05) is 4.90 Å². The highest BCUT2D eigenvalue weighted by Crippen LogP contribution is 2.56. The van der Waals surface area contributed by atoms with Gasteiger partial charge in [-0.2, -0.15) is 5.26 Å². The van der Waals surface area contributed by atoms with Gasteiger partial charge < -0.3 is 4.90 Å². The Morgan fingerprint density at radius 2 is 1.83 bits per heavy atom. The molecule has 0 radical (unpaired) electrons. The standard InChI is InChI=1S/C20H18N2O/c21-12-15-5-4-8-17(9-15)19(23)22-13-20(14-22)10-18(11-20)16-6-2-1-3-7-16/h1-9,18H,10-11,13-14H2. The Balaban J connectivity index is 1.37. The van der Waals surface area contributed by atoms with Crippen molar-refractivity contribution >= 4 is 5.91 Å². The largest absolute Gasteiger partial charge is 0.337 e. The van der Waals surface area contributed by atoms with Gasteiger partial charge in [0, 0.05) is 24.1 Å². The third kappa shape index (κ3) is 2.41. The number of hydrogen-bond donors (Lipinski definition) is 0. The molecule has 1 spiro atoms. The maximum Gasteiger partial charge on any atom is 0.253 e. The minimum Gasteiger partial charge on any atom is -0.337 e. The lowest BCUT2D eigenvalue weighted by Gasteiger charge is -2.59. The molecule has 2 fully saturated rings. The molecule has 0 aromatic heterocycles. The first-order chi connectivity index (χ1) is 11.2. The van der Waals surface area contributed by atoms with E-state index in [9.17, 15) is 4.79 Å². The molecule has 0 bridgehead atoms. The molecule has 1 aliphatic heterocycles. The number of amides is 1. The third-order valence-corrected chi connectivity index (χ3v) is 5.21. The quantitative estimate of drug-likeness (QED) is 0.851. The molecular weight excluding hydrogens is 284 g/mol. The maximum atomic E-state index is 12.5. The van der Waals surface area contributed by atoms with Crippen LogP contribution in [-0.2, 0) is 0 Å². The van der Waals surface area contributed by atoms with Gasteiger partial charge in [-0.1, -0.05) is 36.4 Å². The van der Waals surface area contributed by atoms with E-state index in [4.69, 9.17) is 5.26 Å². The van der Waals surface area contributed by atoms with Crippen LogP contribution in [0.1, 0.15) is 40.2 Å². The van der Waals surface area contributed by atoms with Crippen molar-refractivity contribution in [2.24, 2.45) is 5.41 Å². The molecule has 3 heteroatoms. The van der Waals surface area contributed by atoms with E-state index in [2.05, 4.69) is 36.4 Å². The van der Waals surface area contributed by atoms with Gasteiger partial charge in [0.25, 0.3) is 5.91 Å². The molecule has 114 valence electrons. The summed E-state index contributed by atoms with van der Waals surface area (Å²) in [7, 11) is 0. The molecule has 2 aliphatic rings. The van der Waals surface area contributed by atoms with Crippen molar-refractivity contribution in [2.75, 3.05) is 13.1 Å². The zero-order valence-corrected chi connectivity index (χ0v) is 12.9. The summed E-state index contributed by atoms with van der Waals surface area (Å²) in [5.41, 5.74) is 2.92. The monoisotopic (exact) mass is 302 g/mol. The summed E-state index contributed by atoms with van der Waals surface area (Å²) in [5, 5.41) is 8.95. The predicted molar refractivity (Wildman–Crippen MR) is 87.9 cm³/mol. The normalized spacial score (nSPS) is 18.8. The SMILES string of the molecule is N#Cc1cccc(C(=O)N2CC3(CC(c4ccccc4)C3)C2)c1. The molecular formula is C20H18N2O. The van der Waals surface area contributed by atoms with Crippen molar-refractivity contribution in [1.82, 2.24) is 4.90 Å². The smallest absolute Gasteiger partial charge is 0.253 e. The molecule has 0 atom stereocenters. The summed E-state index contributed by atoms with van der Waals surface area (Å²) < 4.78 is 0. The van der Waals surface area contributed by atoms with Gasteiger partial charge in [-0.3, -0.25) is 4.79 Å². The molecule has 1 saturated heterocycles. The topological polar surface area (TPSA) is 44.1 Å². The molecule has 2 aromatic carbocycles. The maximum absolute atomic E-state index is 12.5. The van der Waals surface area contributed by atoms with Crippen LogP contribution in [0.2, 0.25) is 0 Å². The van der Waals surface area contributed by atoms with Crippen LogP contribution in [0.25, 0.3) is 0 Å². The van der Waals surface area contributed by atoms with Gasteiger partial charge in [0.05, 0.1) is 11.6 Å². The molecule has 4 rings (SSSR count). The first kappa shape index (κ1) is 14.0. The lowest BCUT2D eigenvalue weighted by Crippen LogP contribution is -2.63. The Kier molecular flexibility index (Phi) is 3.20. The second-order valence-electron chi connectivity index (χ2n) is 6.87. The van der Waals surface area contributed by atoms with E-state index >= 15 is 0 Å². The highest BCUT2D eigenvalue weighted by atomic mass is 16.2. The summed E-state index contributed by atoms with van der Waals surface area (Å²) in [6.07, 6.45) is 2.36. The minimum absolute atomic E-state index is 0.0517. The highest BCUT2D eigenvalue weighted by Gasteiger charge is 2.53. The van der Waals surface area contributed by atoms with Crippen molar-refractivity contribution in [2.45, 2.75) is 18.8 Å². The van der Waals surface area contributed by atoms with Crippen molar-refractivity contribution < 1.29 is 4.79 Å². The van der Waals surface area contributed by atoms with E-state index in [0.29, 0.717) is 22.5 Å². The van der Waals surface area contributed by atoms with Gasteiger partial charge in [-0.15, -0.1) is 0 Å². The number of carbonyl (C=O) groups excluding carboxylic acids is 1. The lowest BCUT2D eigenvalue weighted by molar-refractivity contribution is -0.0554. The van der Waals surface area contributed by atoms with Crippen LogP contribution in [0.5, 0.6) is 0 Å². The highest BCUT2D eigenvalue weighted by molar-refractivity contribution is 5.95. The molecule has 1 heterocycles. The van der Waals surface area contributed by atoms with E-state index < -0.39 is 0 Å². The first-order valence-electron chi connectivity index (χ1n) is 8.04. The molecule has 3 nitrogen and oxygen atoms in total. The number of benzene rings is 2. The fourth-order valence-electron chi connectivity index (χ4n) is 4.02. The zero-order valence-electron chi connectivity index (χ0n) is 12.9. The Bertz CT molecular complexity index is 777. The molecule has 1 saturated carbocycles. The van der Waals surface area contributed by atoms with Gasteiger partial charge in [-0.25, -0.2) is 0 Å². The molecule has 1 amide bonds. The molecule has 0 N–H and O–H groups in total. The molecule has 1 aliphatic carbocycles. The van der Waals surface area contributed by atoms with Gasteiger partial charge in [0.2, 0.25) is 0 Å². The first-order valence-corrected chi connectivity index (χ1v) is 8.04. The van der Waals surface area contributed by atoms with Crippen molar-refractivity contribution in [3.63, 3.8) is 0 Å². The second kappa shape index (κ2) is 5.24. The second-order valence-corrected chi connectivity index (χ2v) is 6.87. The van der Waals surface area contributed by atoms with Crippen LogP contribution in [0.15, 0.2) is 54.6 Å². The summed E-state index contributed by atoms with van der Waals surface area (Å²) in [4.78, 5) is 14.4. The average molecular weight is 302 g/mol. The van der Waals surface area contributed by atoms with Crippen molar-refractivity contribution in [3.05, 3.63) is 71.3 Å². The average Bonchev–Trinajstić information content (AvgIpc) is 2.53. The van der Waals surface area contributed by atoms with E-state index in [1.54, 1.807) is 24.3 Å². The number of likely N-dealkylation sites (tertiary alicyclic amines) is 1. The van der Waals surface area contributed by atoms with Crippen LogP contribution in [0.4, 0.5) is 0 Å². The van der Waals surface area contributed by atoms with Crippen LogP contribution in [0, 0.1) is 16.7 Å². The predicted octanol–water partition coefficient (Wildman–Crippen LogP) is 3.58. The van der Waals surface area contributed by atoms with Crippen LogP contribution in [-0.4, -0.2) is 23.9 Å². The fourth-order valence-corrected chi connectivity index (χ4v) is 4.02. The van der Waals surface area contributed by atoms with Crippen molar-refractivity contribution in [1.29, 1.82) is 5.26 Å². The van der Waals surface area contributed by atoms with Gasteiger partial charge in [-0.05, 0) is 42.5 Å². The Labute approximate surface area is 136 Å². The number of nitriles is 1. The molecule has 0 unspecified atom stereocenters. The Morgan fingerprint density at radius 1 is 1.09 bits per heavy atom. The summed E-state index contributed by atoms with van der Waals surface area (Å²) in [6.45, 7) is 1.71. The van der Waals surface area contributed by atoms with Crippen LogP contribution >= 0.6 is 0 Å². The summed E-state index contributed by atoms with van der Waals surface area (Å²) in [5.74, 6) is 0.700. The lowest BCUT2D eigenvalue weighted by atomic mass is 9.56. The fraction of sp³-hybridized carbons (Fsp3) is 0.300. The molecule has 23 heavy (non-hydrogen) atoms. The van der Waals surface area contributed by atoms with Crippen molar-refractivity contribution in [3.8, 4) is 6.07 Å². The van der Waals surface area contributed by atoms with E-state index in [1.165, 1.54) is 18.4 Å². The third-order valence-electron chi connectivity index (χ3n) is 5.21. The Hall–Kier alpha value is -2.60. The van der Waals surface area contributed by atoms with Gasteiger partial charge in [0.15, 0.2) is 0 Å². The number of nitrogens with zero attached hydrogens (tertiary/aromatic N) is 2. The Morgan fingerprint density at radius 3 is 2.52 bits per heavy atom. The summed E-state index contributed by atoms with van der Waals surface area (Å²) >= 11 is 0. The van der Waals surface area contributed by atoms with Crippen LogP contribution in [0.3, 0.4) is 0 Å². The zero-order chi connectivity index (χ0) is 15.9. The number of rotatable bonds is 2. The van der Waals surface area contributed by atoms with Crippen LogP contribution < -0.4 is 0 Å². The molecule has 2 aromatic rings. The summed E-state index contributed by atoms with van der Waals surface area (Å²) in [6, 6.07) is 19.7. The number of carbonyl (C=O) groups is 1. The number of hydrogen-bond acceptors (Lipinski definition) is 2. The van der Waals surface area contributed by atoms with Gasteiger partial charge >= 0.3 is 0 Å². The van der Waals surface area contributed by atoms with E-state index in [-0.39, 0.29) is 5.91 Å². The van der Waals surface area contributed by atoms with E-state index in [0.717, 1.165) is 13.1 Å².